The van der Waals surface area contributed by atoms with Crippen molar-refractivity contribution in [3.8, 4) is 0 Å². The van der Waals surface area contributed by atoms with Crippen molar-refractivity contribution in [3.05, 3.63) is 33.2 Å². The van der Waals surface area contributed by atoms with Gasteiger partial charge in [0, 0.05) is 16.3 Å². The normalized spacial score (nSPS) is 12.0. The third-order valence-electron chi connectivity index (χ3n) is 2.90. The fourth-order valence-corrected chi connectivity index (χ4v) is 4.23. The van der Waals surface area contributed by atoms with Crippen LogP contribution in [-0.4, -0.2) is 13.4 Å². The molecule has 2 rings (SSSR count). The van der Waals surface area contributed by atoms with Crippen molar-refractivity contribution in [2.24, 2.45) is 5.73 Å². The number of hydrogen-bond acceptors (Lipinski definition) is 6. The molecule has 0 saturated carbocycles. The molecule has 0 amide bonds. The molecule has 0 aliphatic rings. The molecule has 8 heteroatoms. The molecule has 0 fully saturated rings. The van der Waals surface area contributed by atoms with Gasteiger partial charge in [-0.2, -0.15) is 0 Å². The first-order chi connectivity index (χ1) is 9.33. The third-order valence-corrected chi connectivity index (χ3v) is 5.63. The molecule has 0 spiro atoms. The van der Waals surface area contributed by atoms with E-state index in [1.54, 1.807) is 19.9 Å². The van der Waals surface area contributed by atoms with Crippen LogP contribution >= 0.6 is 11.3 Å². The first-order valence-electron chi connectivity index (χ1n) is 6.05. The van der Waals surface area contributed by atoms with Crippen LogP contribution in [0.4, 0.5) is 0 Å². The topological polar surface area (TPSA) is 98.2 Å². The van der Waals surface area contributed by atoms with Crippen molar-refractivity contribution in [3.63, 3.8) is 0 Å². The molecule has 0 aliphatic heterocycles. The molecule has 2 aromatic heterocycles. The van der Waals surface area contributed by atoms with Gasteiger partial charge in [0.05, 0.1) is 17.1 Å². The number of oxazole rings is 1. The van der Waals surface area contributed by atoms with Crippen molar-refractivity contribution in [1.29, 1.82) is 0 Å². The van der Waals surface area contributed by atoms with Gasteiger partial charge in [-0.15, -0.1) is 11.3 Å². The lowest BCUT2D eigenvalue weighted by molar-refractivity contribution is 0.463. The molecular weight excluding hydrogens is 298 g/mol. The van der Waals surface area contributed by atoms with Gasteiger partial charge in [0.2, 0.25) is 15.9 Å². The Hall–Kier alpha value is -1.22. The number of aromatic nitrogens is 1. The van der Waals surface area contributed by atoms with E-state index in [9.17, 15) is 8.42 Å². The van der Waals surface area contributed by atoms with Crippen LogP contribution in [0.1, 0.15) is 27.1 Å². The van der Waals surface area contributed by atoms with Gasteiger partial charge in [0.25, 0.3) is 0 Å². The monoisotopic (exact) mass is 315 g/mol. The van der Waals surface area contributed by atoms with Crippen molar-refractivity contribution in [2.45, 2.75) is 38.8 Å². The van der Waals surface area contributed by atoms with Gasteiger partial charge in [-0.1, -0.05) is 0 Å². The Labute approximate surface area is 122 Å². The highest BCUT2D eigenvalue weighted by Crippen LogP contribution is 2.25. The number of rotatable bonds is 5. The van der Waals surface area contributed by atoms with Crippen molar-refractivity contribution >= 4 is 21.4 Å². The van der Waals surface area contributed by atoms with E-state index in [1.165, 1.54) is 11.3 Å². The van der Waals surface area contributed by atoms with Crippen molar-refractivity contribution < 1.29 is 12.8 Å². The second-order valence-corrected chi connectivity index (χ2v) is 7.49. The first kappa shape index (κ1) is 15.2. The van der Waals surface area contributed by atoms with E-state index < -0.39 is 10.0 Å². The molecule has 0 aromatic carbocycles. The van der Waals surface area contributed by atoms with Crippen LogP contribution in [-0.2, 0) is 23.1 Å². The number of sulfonamides is 1. The summed E-state index contributed by atoms with van der Waals surface area (Å²) in [5.74, 6) is 1.05. The Morgan fingerprint density at radius 2 is 2.10 bits per heavy atom. The fraction of sp³-hybridized carbons (Fsp3) is 0.417. The van der Waals surface area contributed by atoms with Crippen LogP contribution in [0, 0.1) is 20.8 Å². The van der Waals surface area contributed by atoms with E-state index in [2.05, 4.69) is 9.71 Å². The molecule has 20 heavy (non-hydrogen) atoms. The summed E-state index contributed by atoms with van der Waals surface area (Å²) in [7, 11) is -3.58. The molecular formula is C12H17N3O3S2. The predicted octanol–water partition coefficient (Wildman–Crippen LogP) is 1.60. The van der Waals surface area contributed by atoms with Crippen LogP contribution < -0.4 is 10.5 Å². The maximum absolute atomic E-state index is 12.2. The lowest BCUT2D eigenvalue weighted by Gasteiger charge is -2.03. The fourth-order valence-electron chi connectivity index (χ4n) is 1.74. The van der Waals surface area contributed by atoms with Gasteiger partial charge in [-0.25, -0.2) is 18.1 Å². The van der Waals surface area contributed by atoms with Gasteiger partial charge < -0.3 is 10.2 Å². The van der Waals surface area contributed by atoms with Crippen LogP contribution in [0.5, 0.6) is 0 Å². The zero-order valence-electron chi connectivity index (χ0n) is 11.6. The Balaban J connectivity index is 2.16. The quantitative estimate of drug-likeness (QED) is 0.873. The SMILES string of the molecule is Cc1nc(CNS(=O)(=O)c2cc(CN)sc2C)oc1C. The first-order valence-corrected chi connectivity index (χ1v) is 8.35. The van der Waals surface area contributed by atoms with Gasteiger partial charge in [0.1, 0.15) is 5.76 Å². The summed E-state index contributed by atoms with van der Waals surface area (Å²) in [6.45, 7) is 5.73. The second kappa shape index (κ2) is 5.65. The molecule has 0 radical (unpaired) electrons. The van der Waals surface area contributed by atoms with Crippen LogP contribution in [0.3, 0.4) is 0 Å². The average Bonchev–Trinajstić information content (AvgIpc) is 2.91. The molecule has 3 N–H and O–H groups in total. The maximum atomic E-state index is 12.2. The smallest absolute Gasteiger partial charge is 0.242 e. The van der Waals surface area contributed by atoms with Gasteiger partial charge in [-0.05, 0) is 26.8 Å². The summed E-state index contributed by atoms with van der Waals surface area (Å²) >= 11 is 1.39. The Bertz CT molecular complexity index is 697. The second-order valence-electron chi connectivity index (χ2n) is 4.41. The van der Waals surface area contributed by atoms with Crippen LogP contribution in [0.25, 0.3) is 0 Å². The molecule has 0 saturated heterocycles. The Morgan fingerprint density at radius 1 is 1.40 bits per heavy atom. The molecule has 0 bridgehead atoms. The summed E-state index contributed by atoms with van der Waals surface area (Å²) in [5, 5.41) is 0. The highest BCUT2D eigenvalue weighted by Gasteiger charge is 2.20. The van der Waals surface area contributed by atoms with E-state index in [4.69, 9.17) is 10.2 Å². The molecule has 6 nitrogen and oxygen atoms in total. The van der Waals surface area contributed by atoms with Crippen LogP contribution in [0.2, 0.25) is 0 Å². The van der Waals surface area contributed by atoms with Gasteiger partial charge >= 0.3 is 0 Å². The highest BCUT2D eigenvalue weighted by atomic mass is 32.2. The predicted molar refractivity (Wildman–Crippen MR) is 76.9 cm³/mol. The molecule has 110 valence electrons. The van der Waals surface area contributed by atoms with Crippen molar-refractivity contribution in [2.75, 3.05) is 0 Å². The average molecular weight is 315 g/mol. The van der Waals surface area contributed by atoms with E-state index in [-0.39, 0.29) is 11.4 Å². The number of thiophene rings is 1. The van der Waals surface area contributed by atoms with E-state index >= 15 is 0 Å². The molecule has 0 unspecified atom stereocenters. The zero-order chi connectivity index (χ0) is 14.9. The standard InChI is InChI=1S/C12H17N3O3S2/c1-7-8(2)18-12(15-7)6-14-20(16,17)11-4-10(5-13)19-9(11)3/h4,14H,5-6,13H2,1-3H3. The summed E-state index contributed by atoms with van der Waals surface area (Å²) < 4.78 is 32.3. The molecule has 2 aromatic rings. The maximum Gasteiger partial charge on any atom is 0.242 e. The van der Waals surface area contributed by atoms with Gasteiger partial charge in [0.15, 0.2) is 0 Å². The minimum absolute atomic E-state index is 0.0320. The minimum Gasteiger partial charge on any atom is -0.444 e. The largest absolute Gasteiger partial charge is 0.444 e. The van der Waals surface area contributed by atoms with Gasteiger partial charge in [-0.3, -0.25) is 0 Å². The molecule has 0 aliphatic carbocycles. The Kier molecular flexibility index (Phi) is 4.28. The number of nitrogens with one attached hydrogen (secondary N) is 1. The summed E-state index contributed by atoms with van der Waals surface area (Å²) in [4.78, 5) is 5.97. The van der Waals surface area contributed by atoms with Crippen molar-refractivity contribution in [1.82, 2.24) is 9.71 Å². The molecule has 2 heterocycles. The lowest BCUT2D eigenvalue weighted by atomic mass is 10.4. The van der Waals surface area contributed by atoms with Crippen LogP contribution in [0.15, 0.2) is 15.4 Å². The van der Waals surface area contributed by atoms with E-state index in [0.29, 0.717) is 18.2 Å². The summed E-state index contributed by atoms with van der Waals surface area (Å²) in [6, 6.07) is 1.61. The van der Waals surface area contributed by atoms with E-state index in [0.717, 1.165) is 15.4 Å². The van der Waals surface area contributed by atoms with E-state index in [1.807, 2.05) is 6.92 Å². The summed E-state index contributed by atoms with van der Waals surface area (Å²) in [6.07, 6.45) is 0. The molecule has 0 atom stereocenters. The minimum atomic E-state index is -3.58. The Morgan fingerprint density at radius 3 is 2.60 bits per heavy atom. The summed E-state index contributed by atoms with van der Waals surface area (Å²) in [5.41, 5.74) is 6.29. The lowest BCUT2D eigenvalue weighted by Crippen LogP contribution is -2.23. The number of aryl methyl sites for hydroxylation is 3. The third kappa shape index (κ3) is 3.09. The zero-order valence-corrected chi connectivity index (χ0v) is 13.2. The number of hydrogen-bond donors (Lipinski definition) is 2. The number of nitrogens with zero attached hydrogens (tertiary/aromatic N) is 1. The number of nitrogens with two attached hydrogens (primary N) is 1. The highest BCUT2D eigenvalue weighted by molar-refractivity contribution is 7.89.